The molecule has 1 fully saturated rings. The first kappa shape index (κ1) is 17.6. The van der Waals surface area contributed by atoms with E-state index in [-0.39, 0.29) is 17.8 Å². The zero-order chi connectivity index (χ0) is 18.0. The van der Waals surface area contributed by atoms with Crippen molar-refractivity contribution in [2.75, 3.05) is 12.0 Å². The molecule has 0 saturated carbocycles. The Morgan fingerprint density at radius 2 is 1.88 bits per heavy atom. The third-order valence-corrected chi connectivity index (χ3v) is 5.35. The van der Waals surface area contributed by atoms with Gasteiger partial charge in [0.25, 0.3) is 11.1 Å². The van der Waals surface area contributed by atoms with Gasteiger partial charge in [0.05, 0.1) is 11.6 Å². The molecule has 4 nitrogen and oxygen atoms in total. The van der Waals surface area contributed by atoms with E-state index in [1.807, 2.05) is 50.2 Å². The van der Waals surface area contributed by atoms with Crippen molar-refractivity contribution >= 4 is 46.3 Å². The molecule has 0 radical (unpaired) electrons. The number of rotatable bonds is 4. The van der Waals surface area contributed by atoms with Crippen molar-refractivity contribution in [3.63, 3.8) is 0 Å². The smallest absolute Gasteiger partial charge is 0.295 e. The Balaban J connectivity index is 1.76. The number of hydrogen-bond acceptors (Lipinski definition) is 4. The summed E-state index contributed by atoms with van der Waals surface area (Å²) in [6.07, 6.45) is 1.66. The molecule has 0 spiro atoms. The average molecular weight is 373 g/mol. The van der Waals surface area contributed by atoms with Crippen molar-refractivity contribution < 1.29 is 9.59 Å². The van der Waals surface area contributed by atoms with Gasteiger partial charge in [0.15, 0.2) is 0 Å². The summed E-state index contributed by atoms with van der Waals surface area (Å²) in [5, 5.41) is 3.42. The van der Waals surface area contributed by atoms with Gasteiger partial charge in [-0.05, 0) is 60.5 Å². The zero-order valence-electron chi connectivity index (χ0n) is 13.9. The van der Waals surface area contributed by atoms with E-state index in [9.17, 15) is 9.59 Å². The molecule has 1 heterocycles. The monoisotopic (exact) mass is 372 g/mol. The van der Waals surface area contributed by atoms with Crippen LogP contribution in [0, 0.1) is 13.8 Å². The van der Waals surface area contributed by atoms with Crippen LogP contribution in [0.15, 0.2) is 47.4 Å². The normalized spacial score (nSPS) is 16.0. The molecule has 0 aliphatic carbocycles. The van der Waals surface area contributed by atoms with Crippen molar-refractivity contribution in [2.45, 2.75) is 13.8 Å². The van der Waals surface area contributed by atoms with Crippen LogP contribution in [-0.4, -0.2) is 22.7 Å². The van der Waals surface area contributed by atoms with E-state index in [1.165, 1.54) is 4.90 Å². The van der Waals surface area contributed by atoms with Crippen LogP contribution in [0.4, 0.5) is 10.5 Å². The number of halogens is 1. The van der Waals surface area contributed by atoms with Crippen molar-refractivity contribution in [1.29, 1.82) is 0 Å². The van der Waals surface area contributed by atoms with Gasteiger partial charge in [-0.15, -0.1) is 0 Å². The van der Waals surface area contributed by atoms with E-state index in [2.05, 4.69) is 5.32 Å². The fourth-order valence-corrected chi connectivity index (χ4v) is 3.50. The highest BCUT2D eigenvalue weighted by Crippen LogP contribution is 2.33. The van der Waals surface area contributed by atoms with Crippen LogP contribution in [0.2, 0.25) is 5.02 Å². The first-order chi connectivity index (χ1) is 12.0. The SMILES string of the molecule is Cc1cccc(NCN2C(=O)S/C(=C/c3ccccc3Cl)C2=O)c1C. The number of hydrogen-bond donors (Lipinski definition) is 1. The summed E-state index contributed by atoms with van der Waals surface area (Å²) >= 11 is 7.05. The molecular formula is C19H17ClN2O2S. The third-order valence-electron chi connectivity index (χ3n) is 4.10. The number of benzene rings is 2. The van der Waals surface area contributed by atoms with Crippen LogP contribution < -0.4 is 5.32 Å². The molecule has 1 N–H and O–H groups in total. The van der Waals surface area contributed by atoms with Gasteiger partial charge in [-0.1, -0.05) is 41.9 Å². The largest absolute Gasteiger partial charge is 0.367 e. The lowest BCUT2D eigenvalue weighted by Crippen LogP contribution is -2.33. The summed E-state index contributed by atoms with van der Waals surface area (Å²) in [4.78, 5) is 26.3. The van der Waals surface area contributed by atoms with Gasteiger partial charge in [0, 0.05) is 10.7 Å². The molecule has 2 aromatic rings. The quantitative estimate of drug-likeness (QED) is 0.762. The second kappa shape index (κ2) is 7.33. The highest BCUT2D eigenvalue weighted by molar-refractivity contribution is 8.18. The summed E-state index contributed by atoms with van der Waals surface area (Å²) in [5.41, 5.74) is 3.88. The first-order valence-corrected chi connectivity index (χ1v) is 8.97. The van der Waals surface area contributed by atoms with Crippen molar-refractivity contribution in [1.82, 2.24) is 4.90 Å². The standard InChI is InChI=1S/C19H17ClN2O2S/c1-12-6-5-9-16(13(12)2)21-11-22-18(23)17(25-19(22)24)10-14-7-3-4-8-15(14)20/h3-10,21H,11H2,1-2H3/b17-10+. The minimum atomic E-state index is -0.312. The maximum absolute atomic E-state index is 12.5. The van der Waals surface area contributed by atoms with Crippen molar-refractivity contribution in [3.8, 4) is 0 Å². The van der Waals surface area contributed by atoms with Gasteiger partial charge in [0.1, 0.15) is 0 Å². The molecule has 2 aromatic carbocycles. The van der Waals surface area contributed by atoms with Gasteiger partial charge in [0.2, 0.25) is 0 Å². The lowest BCUT2D eigenvalue weighted by Gasteiger charge is -2.16. The maximum atomic E-state index is 12.5. The second-order valence-electron chi connectivity index (χ2n) is 5.71. The summed E-state index contributed by atoms with van der Waals surface area (Å²) in [7, 11) is 0. The van der Waals surface area contributed by atoms with Crippen LogP contribution in [-0.2, 0) is 4.79 Å². The lowest BCUT2D eigenvalue weighted by molar-refractivity contribution is -0.122. The molecule has 0 aromatic heterocycles. The zero-order valence-corrected chi connectivity index (χ0v) is 15.4. The Morgan fingerprint density at radius 3 is 2.64 bits per heavy atom. The third kappa shape index (κ3) is 3.72. The summed E-state index contributed by atoms with van der Waals surface area (Å²) in [5.74, 6) is -0.312. The molecule has 1 aliphatic heterocycles. The molecule has 0 atom stereocenters. The van der Waals surface area contributed by atoms with Crippen LogP contribution in [0.3, 0.4) is 0 Å². The van der Waals surface area contributed by atoms with Crippen LogP contribution >= 0.6 is 23.4 Å². The predicted octanol–water partition coefficient (Wildman–Crippen LogP) is 5.06. The number of carbonyl (C=O) groups excluding carboxylic acids is 2. The van der Waals surface area contributed by atoms with Gasteiger partial charge in [-0.2, -0.15) is 0 Å². The Labute approximate surface area is 155 Å². The number of thioether (sulfide) groups is 1. The minimum Gasteiger partial charge on any atom is -0.367 e. The topological polar surface area (TPSA) is 49.4 Å². The molecule has 6 heteroatoms. The number of nitrogens with one attached hydrogen (secondary N) is 1. The average Bonchev–Trinajstić information content (AvgIpc) is 2.85. The Bertz CT molecular complexity index is 879. The van der Waals surface area contributed by atoms with Gasteiger partial charge in [-0.25, -0.2) is 0 Å². The van der Waals surface area contributed by atoms with Crippen LogP contribution in [0.1, 0.15) is 16.7 Å². The van der Waals surface area contributed by atoms with E-state index in [4.69, 9.17) is 11.6 Å². The van der Waals surface area contributed by atoms with Crippen LogP contribution in [0.5, 0.6) is 0 Å². The fourth-order valence-electron chi connectivity index (χ4n) is 2.48. The number of carbonyl (C=O) groups is 2. The predicted molar refractivity (Wildman–Crippen MR) is 104 cm³/mol. The molecule has 25 heavy (non-hydrogen) atoms. The summed E-state index contributed by atoms with van der Waals surface area (Å²) < 4.78 is 0. The minimum absolute atomic E-state index is 0.134. The van der Waals surface area contributed by atoms with Crippen molar-refractivity contribution in [3.05, 3.63) is 69.1 Å². The number of nitrogens with zero attached hydrogens (tertiary/aromatic N) is 1. The Kier molecular flexibility index (Phi) is 5.16. The molecule has 0 unspecified atom stereocenters. The molecule has 2 amide bonds. The Morgan fingerprint density at radius 1 is 1.12 bits per heavy atom. The number of aryl methyl sites for hydroxylation is 1. The summed E-state index contributed by atoms with van der Waals surface area (Å²) in [6.45, 7) is 4.16. The van der Waals surface area contributed by atoms with E-state index in [1.54, 1.807) is 12.1 Å². The highest BCUT2D eigenvalue weighted by Gasteiger charge is 2.35. The molecule has 1 saturated heterocycles. The number of amides is 2. The number of anilines is 1. The fraction of sp³-hybridized carbons (Fsp3) is 0.158. The molecular weight excluding hydrogens is 356 g/mol. The van der Waals surface area contributed by atoms with Crippen molar-refractivity contribution in [2.24, 2.45) is 0 Å². The molecule has 128 valence electrons. The molecule has 0 bridgehead atoms. The van der Waals surface area contributed by atoms with Gasteiger partial charge in [-0.3, -0.25) is 14.5 Å². The van der Waals surface area contributed by atoms with E-state index >= 15 is 0 Å². The number of imide groups is 1. The van der Waals surface area contributed by atoms with E-state index < -0.39 is 0 Å². The lowest BCUT2D eigenvalue weighted by atomic mass is 10.1. The highest BCUT2D eigenvalue weighted by atomic mass is 35.5. The van der Waals surface area contributed by atoms with Crippen LogP contribution in [0.25, 0.3) is 6.08 Å². The van der Waals surface area contributed by atoms with E-state index in [0.29, 0.717) is 9.93 Å². The molecule has 1 aliphatic rings. The first-order valence-electron chi connectivity index (χ1n) is 7.77. The van der Waals surface area contributed by atoms with Gasteiger partial charge < -0.3 is 5.32 Å². The maximum Gasteiger partial charge on any atom is 0.295 e. The molecule has 3 rings (SSSR count). The second-order valence-corrected chi connectivity index (χ2v) is 7.11. The summed E-state index contributed by atoms with van der Waals surface area (Å²) in [6, 6.07) is 13.1. The Hall–Kier alpha value is -2.24. The van der Waals surface area contributed by atoms with E-state index in [0.717, 1.165) is 34.1 Å². The van der Waals surface area contributed by atoms with Gasteiger partial charge >= 0.3 is 0 Å².